The Balaban J connectivity index is 2.26. The van der Waals surface area contributed by atoms with Gasteiger partial charge < -0.3 is 9.47 Å². The fraction of sp³-hybridized carbons (Fsp3) is 0.0667. The van der Waals surface area contributed by atoms with Gasteiger partial charge in [0.2, 0.25) is 0 Å². The standard InChI is InChI=1S/C15H10BrNO6/c1-22-15(19)12-8-10(16)4-7-13(12)23-14(18)9-2-5-11(6-3-9)17(20)21/h2-8H,1H3. The van der Waals surface area contributed by atoms with Crippen molar-refractivity contribution in [3.8, 4) is 5.75 Å². The van der Waals surface area contributed by atoms with Crippen molar-refractivity contribution in [2.24, 2.45) is 0 Å². The van der Waals surface area contributed by atoms with Crippen molar-refractivity contribution in [3.05, 3.63) is 68.2 Å². The van der Waals surface area contributed by atoms with Crippen molar-refractivity contribution < 1.29 is 24.0 Å². The quantitative estimate of drug-likeness (QED) is 0.349. The van der Waals surface area contributed by atoms with Gasteiger partial charge in [0.05, 0.1) is 17.6 Å². The highest BCUT2D eigenvalue weighted by Crippen LogP contribution is 2.25. The van der Waals surface area contributed by atoms with Crippen molar-refractivity contribution >= 4 is 33.6 Å². The van der Waals surface area contributed by atoms with E-state index in [1.54, 1.807) is 6.07 Å². The Morgan fingerprint density at radius 2 is 1.74 bits per heavy atom. The third-order valence-corrected chi connectivity index (χ3v) is 3.36. The second-order valence-electron chi connectivity index (χ2n) is 4.33. The van der Waals surface area contributed by atoms with Gasteiger partial charge in [-0.15, -0.1) is 0 Å². The molecule has 0 aliphatic heterocycles. The molecule has 7 nitrogen and oxygen atoms in total. The molecule has 2 rings (SSSR count). The molecule has 0 spiro atoms. The number of carbonyl (C=O) groups is 2. The minimum atomic E-state index is -0.743. The van der Waals surface area contributed by atoms with Crippen LogP contribution in [0.3, 0.4) is 0 Å². The predicted molar refractivity (Wildman–Crippen MR) is 83.5 cm³/mol. The van der Waals surface area contributed by atoms with Gasteiger partial charge in [0, 0.05) is 16.6 Å². The molecule has 0 aliphatic rings. The average Bonchev–Trinajstić information content (AvgIpc) is 2.55. The van der Waals surface area contributed by atoms with Gasteiger partial charge >= 0.3 is 11.9 Å². The Morgan fingerprint density at radius 1 is 1.09 bits per heavy atom. The van der Waals surface area contributed by atoms with Crippen LogP contribution in [-0.4, -0.2) is 24.0 Å². The molecule has 8 heteroatoms. The Kier molecular flexibility index (Phi) is 5.07. The third kappa shape index (κ3) is 3.92. The van der Waals surface area contributed by atoms with Crippen LogP contribution >= 0.6 is 15.9 Å². The lowest BCUT2D eigenvalue weighted by atomic mass is 10.2. The van der Waals surface area contributed by atoms with Crippen molar-refractivity contribution in [1.29, 1.82) is 0 Å². The minimum absolute atomic E-state index is 0.0309. The highest BCUT2D eigenvalue weighted by molar-refractivity contribution is 9.10. The van der Waals surface area contributed by atoms with E-state index in [1.807, 2.05) is 0 Å². The molecule has 118 valence electrons. The molecule has 0 amide bonds. The van der Waals surface area contributed by atoms with Crippen LogP contribution in [0.5, 0.6) is 5.75 Å². The van der Waals surface area contributed by atoms with Crippen LogP contribution in [0, 0.1) is 10.1 Å². The first-order valence-electron chi connectivity index (χ1n) is 6.27. The first-order valence-corrected chi connectivity index (χ1v) is 7.06. The van der Waals surface area contributed by atoms with Gasteiger partial charge in [-0.05, 0) is 30.3 Å². The predicted octanol–water partition coefficient (Wildman–Crippen LogP) is 3.36. The van der Waals surface area contributed by atoms with Gasteiger partial charge in [0.25, 0.3) is 5.69 Å². The van der Waals surface area contributed by atoms with Crippen molar-refractivity contribution in [1.82, 2.24) is 0 Å². The molecule has 2 aromatic rings. The Hall–Kier alpha value is -2.74. The lowest BCUT2D eigenvalue weighted by molar-refractivity contribution is -0.384. The van der Waals surface area contributed by atoms with E-state index in [2.05, 4.69) is 20.7 Å². The van der Waals surface area contributed by atoms with Gasteiger partial charge in [-0.2, -0.15) is 0 Å². The lowest BCUT2D eigenvalue weighted by Gasteiger charge is -2.09. The molecule has 0 bridgehead atoms. The number of nitro benzene ring substituents is 1. The molecule has 2 aromatic carbocycles. The Bertz CT molecular complexity index is 772. The second kappa shape index (κ2) is 7.01. The van der Waals surface area contributed by atoms with E-state index in [0.29, 0.717) is 4.47 Å². The highest BCUT2D eigenvalue weighted by atomic mass is 79.9. The number of carbonyl (C=O) groups excluding carboxylic acids is 2. The van der Waals surface area contributed by atoms with Crippen LogP contribution in [-0.2, 0) is 4.74 Å². The molecule has 0 aliphatic carbocycles. The molecule has 0 saturated heterocycles. The lowest BCUT2D eigenvalue weighted by Crippen LogP contribution is -2.12. The third-order valence-electron chi connectivity index (χ3n) is 2.86. The van der Waals surface area contributed by atoms with Crippen molar-refractivity contribution in [2.75, 3.05) is 7.11 Å². The number of nitro groups is 1. The van der Waals surface area contributed by atoms with Crippen molar-refractivity contribution in [3.63, 3.8) is 0 Å². The maximum Gasteiger partial charge on any atom is 0.343 e. The number of rotatable bonds is 4. The summed E-state index contributed by atoms with van der Waals surface area (Å²) in [6, 6.07) is 9.45. The molecule has 0 fully saturated rings. The fourth-order valence-electron chi connectivity index (χ4n) is 1.74. The first kappa shape index (κ1) is 16.6. The molecular formula is C15H10BrNO6. The number of methoxy groups -OCH3 is 1. The highest BCUT2D eigenvalue weighted by Gasteiger charge is 2.18. The van der Waals surface area contributed by atoms with Gasteiger partial charge in [-0.25, -0.2) is 9.59 Å². The van der Waals surface area contributed by atoms with Crippen LogP contribution in [0.4, 0.5) is 5.69 Å². The SMILES string of the molecule is COC(=O)c1cc(Br)ccc1OC(=O)c1ccc([N+](=O)[O-])cc1. The Labute approximate surface area is 139 Å². The van der Waals surface area contributed by atoms with Crippen LogP contribution in [0.25, 0.3) is 0 Å². The maximum atomic E-state index is 12.1. The summed E-state index contributed by atoms with van der Waals surface area (Å²) in [6.45, 7) is 0. The summed E-state index contributed by atoms with van der Waals surface area (Å²) in [5.74, 6) is -1.37. The monoisotopic (exact) mass is 379 g/mol. The summed E-state index contributed by atoms with van der Waals surface area (Å²) >= 11 is 3.21. The van der Waals surface area contributed by atoms with E-state index in [9.17, 15) is 19.7 Å². The van der Waals surface area contributed by atoms with Crippen LogP contribution in [0.1, 0.15) is 20.7 Å². The molecule has 0 heterocycles. The largest absolute Gasteiger partial charge is 0.465 e. The zero-order chi connectivity index (χ0) is 17.0. The molecular weight excluding hydrogens is 370 g/mol. The zero-order valence-electron chi connectivity index (χ0n) is 11.8. The summed E-state index contributed by atoms with van der Waals surface area (Å²) in [5.41, 5.74) is 0.0620. The fourth-order valence-corrected chi connectivity index (χ4v) is 2.10. The van der Waals surface area contributed by atoms with E-state index in [0.717, 1.165) is 0 Å². The molecule has 0 saturated carbocycles. The summed E-state index contributed by atoms with van der Waals surface area (Å²) in [7, 11) is 1.21. The van der Waals surface area contributed by atoms with Crippen LogP contribution in [0.15, 0.2) is 46.9 Å². The summed E-state index contributed by atoms with van der Waals surface area (Å²) in [6.07, 6.45) is 0. The number of benzene rings is 2. The van der Waals surface area contributed by atoms with Crippen LogP contribution in [0.2, 0.25) is 0 Å². The first-order chi connectivity index (χ1) is 10.9. The molecule has 0 radical (unpaired) electrons. The average molecular weight is 380 g/mol. The molecule has 0 N–H and O–H groups in total. The normalized spacial score (nSPS) is 10.0. The number of esters is 2. The number of ether oxygens (including phenoxy) is 2. The van der Waals surface area contributed by atoms with Crippen LogP contribution < -0.4 is 4.74 Å². The van der Waals surface area contributed by atoms with Gasteiger partial charge in [-0.3, -0.25) is 10.1 Å². The van der Waals surface area contributed by atoms with Gasteiger partial charge in [0.15, 0.2) is 0 Å². The number of non-ortho nitro benzene ring substituents is 1. The zero-order valence-corrected chi connectivity index (χ0v) is 13.4. The maximum absolute atomic E-state index is 12.1. The number of hydrogen-bond acceptors (Lipinski definition) is 6. The van der Waals surface area contributed by atoms with E-state index < -0.39 is 16.9 Å². The number of halogens is 1. The van der Waals surface area contributed by atoms with Gasteiger partial charge in [-0.1, -0.05) is 15.9 Å². The van der Waals surface area contributed by atoms with E-state index >= 15 is 0 Å². The van der Waals surface area contributed by atoms with E-state index in [4.69, 9.17) is 4.74 Å². The summed E-state index contributed by atoms with van der Waals surface area (Å²) < 4.78 is 10.4. The number of hydrogen-bond donors (Lipinski definition) is 0. The summed E-state index contributed by atoms with van der Waals surface area (Å²) in [5, 5.41) is 10.6. The topological polar surface area (TPSA) is 95.7 Å². The summed E-state index contributed by atoms with van der Waals surface area (Å²) in [4.78, 5) is 33.8. The minimum Gasteiger partial charge on any atom is -0.465 e. The van der Waals surface area contributed by atoms with E-state index in [-0.39, 0.29) is 22.6 Å². The Morgan fingerprint density at radius 3 is 2.30 bits per heavy atom. The van der Waals surface area contributed by atoms with Crippen molar-refractivity contribution in [2.45, 2.75) is 0 Å². The van der Waals surface area contributed by atoms with E-state index in [1.165, 1.54) is 43.5 Å². The smallest absolute Gasteiger partial charge is 0.343 e. The molecule has 0 atom stereocenters. The second-order valence-corrected chi connectivity index (χ2v) is 5.24. The van der Waals surface area contributed by atoms with Gasteiger partial charge in [0.1, 0.15) is 11.3 Å². The number of nitrogens with zero attached hydrogens (tertiary/aromatic N) is 1. The molecule has 0 unspecified atom stereocenters. The molecule has 0 aromatic heterocycles. The molecule has 23 heavy (non-hydrogen) atoms.